The van der Waals surface area contributed by atoms with Crippen molar-refractivity contribution < 1.29 is 33.3 Å². The first-order valence-corrected chi connectivity index (χ1v) is 14.6. The molecule has 0 aliphatic heterocycles. The smallest absolute Gasteiger partial charge is 0.310 e. The number of amides is 1. The maximum Gasteiger partial charge on any atom is 0.310 e. The second-order valence-corrected chi connectivity index (χ2v) is 10.9. The summed E-state index contributed by atoms with van der Waals surface area (Å²) in [6.07, 6.45) is -0.162. The number of carbonyl (C=O) groups is 3. The number of fused-ring (bicyclic) bond motifs is 1. The van der Waals surface area contributed by atoms with Gasteiger partial charge in [0.15, 0.2) is 23.2 Å². The van der Waals surface area contributed by atoms with Crippen LogP contribution < -0.4 is 19.5 Å². The van der Waals surface area contributed by atoms with Crippen LogP contribution in [0.2, 0.25) is 5.02 Å². The Labute approximate surface area is 262 Å². The normalized spacial score (nSPS) is 10.8. The minimum Gasteiger partial charge on any atom is -0.497 e. The minimum atomic E-state index is -0.630. The monoisotopic (exact) mass is 633 g/mol. The van der Waals surface area contributed by atoms with Crippen LogP contribution in [-0.4, -0.2) is 55.3 Å². The Bertz CT molecular complexity index is 1860. The fraction of sp³-hybridized carbons (Fsp3) is 0.188. The lowest BCUT2D eigenvalue weighted by molar-refractivity contribution is -0.146. The highest BCUT2D eigenvalue weighted by Crippen LogP contribution is 2.34. The molecule has 0 saturated carbocycles. The van der Waals surface area contributed by atoms with Crippen LogP contribution in [-0.2, 0) is 20.7 Å². The minimum absolute atomic E-state index is 0.162. The van der Waals surface area contributed by atoms with Crippen LogP contribution in [0.3, 0.4) is 0 Å². The van der Waals surface area contributed by atoms with Crippen LogP contribution in [0.15, 0.2) is 66.0 Å². The van der Waals surface area contributed by atoms with Crippen molar-refractivity contribution in [1.29, 1.82) is 0 Å². The molecule has 3 aromatic carbocycles. The quantitative estimate of drug-likeness (QED) is 0.182. The number of nitrogens with zero attached hydrogens (tertiary/aromatic N) is 2. The molecule has 44 heavy (non-hydrogen) atoms. The Morgan fingerprint density at radius 1 is 0.932 bits per heavy atom. The molecule has 0 unspecified atom stereocenters. The van der Waals surface area contributed by atoms with E-state index in [2.05, 4.69) is 10.3 Å². The number of carbonyl (C=O) groups excluding carboxylic acids is 3. The van der Waals surface area contributed by atoms with Crippen LogP contribution in [0.1, 0.15) is 21.6 Å². The van der Waals surface area contributed by atoms with E-state index < -0.39 is 18.5 Å². The number of aromatic nitrogens is 2. The molecule has 2 heterocycles. The molecule has 226 valence electrons. The first-order valence-electron chi connectivity index (χ1n) is 13.3. The zero-order valence-corrected chi connectivity index (χ0v) is 25.9. The van der Waals surface area contributed by atoms with Gasteiger partial charge in [-0.05, 0) is 73.2 Å². The molecule has 1 N–H and O–H groups in total. The Hall–Kier alpha value is -4.87. The van der Waals surface area contributed by atoms with Crippen LogP contribution in [0.5, 0.6) is 17.2 Å². The highest BCUT2D eigenvalue weighted by molar-refractivity contribution is 7.14. The van der Waals surface area contributed by atoms with Crippen molar-refractivity contribution in [3.8, 4) is 28.5 Å². The van der Waals surface area contributed by atoms with E-state index in [0.29, 0.717) is 60.8 Å². The van der Waals surface area contributed by atoms with E-state index in [1.807, 2.05) is 6.07 Å². The molecule has 5 aromatic rings. The summed E-state index contributed by atoms with van der Waals surface area (Å²) in [5, 5.41) is 5.98. The summed E-state index contributed by atoms with van der Waals surface area (Å²) in [6, 6.07) is 17.2. The highest BCUT2D eigenvalue weighted by atomic mass is 35.5. The van der Waals surface area contributed by atoms with Crippen LogP contribution in [0, 0.1) is 6.92 Å². The Morgan fingerprint density at radius 2 is 1.68 bits per heavy atom. The summed E-state index contributed by atoms with van der Waals surface area (Å²) < 4.78 is 22.9. The average Bonchev–Trinajstić information content (AvgIpc) is 3.61. The molecule has 12 heteroatoms. The van der Waals surface area contributed by atoms with Crippen molar-refractivity contribution in [3.63, 3.8) is 0 Å². The average molecular weight is 634 g/mol. The SMILES string of the molecule is COc1ccc2c(c1)c(CC(=O)OCC(=O)Nc1nc(-c3ccc(OC)c(OC)c3)cs1)c(C)n2C(=O)c1ccc(Cl)cc1. The van der Waals surface area contributed by atoms with Crippen molar-refractivity contribution in [3.05, 3.63) is 87.9 Å². The summed E-state index contributed by atoms with van der Waals surface area (Å²) in [5.41, 5.74) is 3.63. The molecule has 0 saturated heterocycles. The molecule has 10 nitrogen and oxygen atoms in total. The molecule has 0 aliphatic rings. The zero-order chi connectivity index (χ0) is 31.4. The number of hydrogen-bond acceptors (Lipinski definition) is 9. The van der Waals surface area contributed by atoms with E-state index >= 15 is 0 Å². The van der Waals surface area contributed by atoms with E-state index in [1.165, 1.54) is 18.4 Å². The number of nitrogens with one attached hydrogen (secondary N) is 1. The van der Waals surface area contributed by atoms with Gasteiger partial charge in [0.25, 0.3) is 11.8 Å². The molecule has 0 fully saturated rings. The third-order valence-electron chi connectivity index (χ3n) is 6.95. The van der Waals surface area contributed by atoms with Crippen molar-refractivity contribution in [1.82, 2.24) is 9.55 Å². The zero-order valence-electron chi connectivity index (χ0n) is 24.3. The van der Waals surface area contributed by atoms with Gasteiger partial charge in [0.1, 0.15) is 5.75 Å². The van der Waals surface area contributed by atoms with Crippen molar-refractivity contribution >= 4 is 56.8 Å². The van der Waals surface area contributed by atoms with E-state index in [-0.39, 0.29) is 12.3 Å². The van der Waals surface area contributed by atoms with Gasteiger partial charge in [-0.3, -0.25) is 24.3 Å². The van der Waals surface area contributed by atoms with E-state index in [1.54, 1.807) is 85.7 Å². The first-order chi connectivity index (χ1) is 21.2. The largest absolute Gasteiger partial charge is 0.497 e. The molecule has 0 spiro atoms. The number of benzene rings is 3. The van der Waals surface area contributed by atoms with Crippen LogP contribution in [0.25, 0.3) is 22.2 Å². The third kappa shape index (κ3) is 6.38. The fourth-order valence-electron chi connectivity index (χ4n) is 4.75. The molecule has 0 radical (unpaired) electrons. The molecule has 2 aromatic heterocycles. The van der Waals surface area contributed by atoms with Crippen molar-refractivity contribution in [2.75, 3.05) is 33.3 Å². The first kappa shape index (κ1) is 30.6. The Balaban J connectivity index is 1.28. The highest BCUT2D eigenvalue weighted by Gasteiger charge is 2.23. The third-order valence-corrected chi connectivity index (χ3v) is 7.96. The fourth-order valence-corrected chi connectivity index (χ4v) is 5.61. The lowest BCUT2D eigenvalue weighted by Gasteiger charge is -2.08. The number of ether oxygens (including phenoxy) is 4. The number of rotatable bonds is 10. The summed E-state index contributed by atoms with van der Waals surface area (Å²) >= 11 is 7.24. The van der Waals surface area contributed by atoms with Gasteiger partial charge in [-0.2, -0.15) is 0 Å². The molecule has 1 amide bonds. The number of esters is 1. The molecule has 5 rings (SSSR count). The van der Waals surface area contributed by atoms with E-state index in [0.717, 1.165) is 5.56 Å². The number of thiazole rings is 1. The number of halogens is 1. The second kappa shape index (κ2) is 13.2. The Morgan fingerprint density at radius 3 is 2.39 bits per heavy atom. The van der Waals surface area contributed by atoms with Crippen molar-refractivity contribution in [2.24, 2.45) is 0 Å². The van der Waals surface area contributed by atoms with Crippen LogP contribution in [0.4, 0.5) is 5.13 Å². The maximum atomic E-state index is 13.5. The van der Waals surface area contributed by atoms with Gasteiger partial charge in [-0.15, -0.1) is 11.3 Å². The van der Waals surface area contributed by atoms with Gasteiger partial charge in [0.05, 0.1) is 39.0 Å². The van der Waals surface area contributed by atoms with Gasteiger partial charge in [-0.25, -0.2) is 4.98 Å². The second-order valence-electron chi connectivity index (χ2n) is 9.59. The van der Waals surface area contributed by atoms with Gasteiger partial charge >= 0.3 is 5.97 Å². The summed E-state index contributed by atoms with van der Waals surface area (Å²) in [6.45, 7) is 1.25. The standard InChI is InChI=1S/C32H28ClN3O7S/c1-18-23(24-14-22(40-2)10-11-26(24)36(18)31(39)19-5-8-21(33)9-6-19)15-30(38)43-16-29(37)35-32-34-25(17-44-32)20-7-12-27(41-3)28(13-20)42-4/h5-14,17H,15-16H2,1-4H3,(H,34,35,37). The predicted octanol–water partition coefficient (Wildman–Crippen LogP) is 6.17. The number of anilines is 1. The van der Waals surface area contributed by atoms with Gasteiger partial charge in [0.2, 0.25) is 0 Å². The maximum absolute atomic E-state index is 13.5. The number of hydrogen-bond donors (Lipinski definition) is 1. The lowest BCUT2D eigenvalue weighted by atomic mass is 10.1. The molecule has 0 aliphatic carbocycles. The number of methoxy groups -OCH3 is 3. The summed E-state index contributed by atoms with van der Waals surface area (Å²) in [7, 11) is 4.64. The van der Waals surface area contributed by atoms with Gasteiger partial charge in [0, 0.05) is 32.6 Å². The lowest BCUT2D eigenvalue weighted by Crippen LogP contribution is -2.21. The molecule has 0 bridgehead atoms. The molecule has 0 atom stereocenters. The Kier molecular flexibility index (Phi) is 9.17. The summed E-state index contributed by atoms with van der Waals surface area (Å²) in [4.78, 5) is 43.5. The molecular weight excluding hydrogens is 606 g/mol. The summed E-state index contributed by atoms with van der Waals surface area (Å²) in [5.74, 6) is 0.276. The van der Waals surface area contributed by atoms with Gasteiger partial charge < -0.3 is 18.9 Å². The van der Waals surface area contributed by atoms with Gasteiger partial charge in [-0.1, -0.05) is 11.6 Å². The topological polar surface area (TPSA) is 118 Å². The van der Waals surface area contributed by atoms with E-state index in [4.69, 9.17) is 30.5 Å². The molecular formula is C32H28ClN3O7S. The van der Waals surface area contributed by atoms with Crippen LogP contribution >= 0.6 is 22.9 Å². The predicted molar refractivity (Wildman–Crippen MR) is 168 cm³/mol. The van der Waals surface area contributed by atoms with E-state index in [9.17, 15) is 14.4 Å². The van der Waals surface area contributed by atoms with Crippen molar-refractivity contribution in [2.45, 2.75) is 13.3 Å².